The lowest BCUT2D eigenvalue weighted by Gasteiger charge is -2.07. The molecule has 1 aromatic heterocycles. The summed E-state index contributed by atoms with van der Waals surface area (Å²) in [7, 11) is 1.56. The molecule has 0 radical (unpaired) electrons. The molecule has 2 aromatic carbocycles. The molecule has 1 N–H and O–H groups in total. The van der Waals surface area contributed by atoms with E-state index in [9.17, 15) is 18.0 Å². The monoisotopic (exact) mass is 406 g/mol. The van der Waals surface area contributed by atoms with E-state index in [4.69, 9.17) is 4.74 Å². The highest BCUT2D eigenvalue weighted by Gasteiger charge is 2.29. The Labute approximate surface area is 164 Å². The fraction of sp³-hybridized carbons (Fsp3) is 0.200. The van der Waals surface area contributed by atoms with E-state index in [2.05, 4.69) is 10.3 Å². The lowest BCUT2D eigenvalue weighted by atomic mass is 10.1. The van der Waals surface area contributed by atoms with Crippen LogP contribution in [-0.4, -0.2) is 18.0 Å². The van der Waals surface area contributed by atoms with Crippen LogP contribution in [0.2, 0.25) is 0 Å². The Kier molecular flexibility index (Phi) is 5.99. The predicted molar refractivity (Wildman–Crippen MR) is 102 cm³/mol. The maximum absolute atomic E-state index is 12.6. The Morgan fingerprint density at radius 3 is 2.57 bits per heavy atom. The Hall–Kier alpha value is -2.87. The van der Waals surface area contributed by atoms with E-state index in [0.717, 1.165) is 28.1 Å². The van der Waals surface area contributed by atoms with Crippen LogP contribution >= 0.6 is 11.3 Å². The highest BCUT2D eigenvalue weighted by atomic mass is 32.1. The summed E-state index contributed by atoms with van der Waals surface area (Å²) >= 11 is 1.29. The highest BCUT2D eigenvalue weighted by molar-refractivity contribution is 7.15. The lowest BCUT2D eigenvalue weighted by Crippen LogP contribution is -2.14. The van der Waals surface area contributed by atoms with Gasteiger partial charge in [-0.05, 0) is 35.4 Å². The van der Waals surface area contributed by atoms with Crippen molar-refractivity contribution in [1.29, 1.82) is 0 Å². The second kappa shape index (κ2) is 8.43. The molecule has 1 heterocycles. The zero-order chi connectivity index (χ0) is 20.1. The Balaban J connectivity index is 1.58. The van der Waals surface area contributed by atoms with Crippen molar-refractivity contribution in [3.05, 3.63) is 76.3 Å². The minimum absolute atomic E-state index is 0.186. The van der Waals surface area contributed by atoms with Crippen LogP contribution in [0.5, 0.6) is 5.75 Å². The number of nitrogens with one attached hydrogen (secondary N) is 1. The summed E-state index contributed by atoms with van der Waals surface area (Å²) in [6.07, 6.45) is -2.10. The zero-order valence-corrected chi connectivity index (χ0v) is 15.7. The van der Waals surface area contributed by atoms with Crippen LogP contribution in [0.25, 0.3) is 0 Å². The number of benzene rings is 2. The summed E-state index contributed by atoms with van der Waals surface area (Å²) in [5.74, 6) is 0.474. The fourth-order valence-corrected chi connectivity index (χ4v) is 3.45. The molecule has 146 valence electrons. The number of carbonyl (C=O) groups excluding carboxylic acids is 1. The van der Waals surface area contributed by atoms with Gasteiger partial charge >= 0.3 is 6.18 Å². The fourth-order valence-electron chi connectivity index (χ4n) is 2.59. The highest BCUT2D eigenvalue weighted by Crippen LogP contribution is 2.30. The number of hydrogen-bond acceptors (Lipinski definition) is 4. The van der Waals surface area contributed by atoms with Crippen molar-refractivity contribution in [2.45, 2.75) is 19.0 Å². The maximum atomic E-state index is 12.6. The second-order valence-electron chi connectivity index (χ2n) is 6.08. The largest absolute Gasteiger partial charge is 0.497 e. The molecule has 0 fully saturated rings. The molecular formula is C20H17F3N2O2S. The number of nitrogens with zero attached hydrogens (tertiary/aromatic N) is 1. The molecule has 8 heteroatoms. The molecule has 3 aromatic rings. The predicted octanol–water partition coefficient (Wildman–Crippen LogP) is 4.94. The molecule has 0 aliphatic heterocycles. The number of rotatable bonds is 6. The Bertz CT molecular complexity index is 953. The number of hydrogen-bond donors (Lipinski definition) is 1. The van der Waals surface area contributed by atoms with Crippen molar-refractivity contribution in [3.8, 4) is 5.75 Å². The number of alkyl halides is 3. The number of carbonyl (C=O) groups is 1. The second-order valence-corrected chi connectivity index (χ2v) is 7.19. The zero-order valence-electron chi connectivity index (χ0n) is 14.9. The number of thiazole rings is 1. The average molecular weight is 406 g/mol. The minimum atomic E-state index is -4.34. The summed E-state index contributed by atoms with van der Waals surface area (Å²) in [6, 6.07) is 12.3. The van der Waals surface area contributed by atoms with Gasteiger partial charge in [-0.3, -0.25) is 4.79 Å². The molecule has 0 bridgehead atoms. The molecule has 0 saturated carbocycles. The number of halogens is 3. The van der Waals surface area contributed by atoms with Gasteiger partial charge < -0.3 is 10.1 Å². The van der Waals surface area contributed by atoms with Gasteiger partial charge in [0.2, 0.25) is 5.91 Å². The van der Waals surface area contributed by atoms with Gasteiger partial charge in [-0.25, -0.2) is 4.98 Å². The smallest absolute Gasteiger partial charge is 0.416 e. The van der Waals surface area contributed by atoms with Crippen LogP contribution in [0.3, 0.4) is 0 Å². The summed E-state index contributed by atoms with van der Waals surface area (Å²) < 4.78 is 43.0. The van der Waals surface area contributed by atoms with E-state index in [1.54, 1.807) is 25.4 Å². The number of methoxy groups -OCH3 is 1. The molecule has 0 aliphatic carbocycles. The van der Waals surface area contributed by atoms with Crippen molar-refractivity contribution in [3.63, 3.8) is 0 Å². The van der Waals surface area contributed by atoms with Crippen LogP contribution in [0.1, 0.15) is 21.6 Å². The van der Waals surface area contributed by atoms with E-state index in [0.29, 0.717) is 17.3 Å². The van der Waals surface area contributed by atoms with Gasteiger partial charge in [0, 0.05) is 17.5 Å². The normalized spacial score (nSPS) is 11.3. The molecule has 1 amide bonds. The number of amides is 1. The third-order valence-electron chi connectivity index (χ3n) is 3.96. The van der Waals surface area contributed by atoms with E-state index in [-0.39, 0.29) is 12.3 Å². The van der Waals surface area contributed by atoms with Crippen molar-refractivity contribution in [1.82, 2.24) is 4.98 Å². The molecule has 0 aliphatic rings. The van der Waals surface area contributed by atoms with Gasteiger partial charge in [0.05, 0.1) is 19.1 Å². The molecule has 0 atom stereocenters. The van der Waals surface area contributed by atoms with Crippen molar-refractivity contribution in [2.75, 3.05) is 12.4 Å². The molecule has 0 unspecified atom stereocenters. The van der Waals surface area contributed by atoms with Crippen LogP contribution < -0.4 is 10.1 Å². The van der Waals surface area contributed by atoms with Gasteiger partial charge in [0.1, 0.15) is 5.75 Å². The first kappa shape index (κ1) is 19.9. The van der Waals surface area contributed by atoms with Crippen molar-refractivity contribution >= 4 is 22.4 Å². The third-order valence-corrected chi connectivity index (χ3v) is 4.87. The SMILES string of the molecule is COc1cccc(CC(=O)Nc2ncc(Cc3ccc(C(F)(F)F)cc3)s2)c1. The average Bonchev–Trinajstić information content (AvgIpc) is 3.08. The third kappa shape index (κ3) is 5.32. The molecule has 4 nitrogen and oxygen atoms in total. The summed E-state index contributed by atoms with van der Waals surface area (Å²) in [6.45, 7) is 0. The maximum Gasteiger partial charge on any atom is 0.416 e. The van der Waals surface area contributed by atoms with Crippen molar-refractivity contribution in [2.24, 2.45) is 0 Å². The quantitative estimate of drug-likeness (QED) is 0.631. The van der Waals surface area contributed by atoms with Gasteiger partial charge in [0.25, 0.3) is 0 Å². The van der Waals surface area contributed by atoms with Gasteiger partial charge in [-0.1, -0.05) is 24.3 Å². The van der Waals surface area contributed by atoms with Gasteiger partial charge in [-0.15, -0.1) is 11.3 Å². The van der Waals surface area contributed by atoms with Gasteiger partial charge in [0.15, 0.2) is 5.13 Å². The van der Waals surface area contributed by atoms with Crippen LogP contribution in [0, 0.1) is 0 Å². The Morgan fingerprint density at radius 2 is 1.89 bits per heavy atom. The molecular weight excluding hydrogens is 389 g/mol. The van der Waals surface area contributed by atoms with Crippen LogP contribution in [0.4, 0.5) is 18.3 Å². The Morgan fingerprint density at radius 1 is 1.14 bits per heavy atom. The molecule has 28 heavy (non-hydrogen) atoms. The van der Waals surface area contributed by atoms with E-state index >= 15 is 0 Å². The van der Waals surface area contributed by atoms with E-state index in [1.807, 2.05) is 12.1 Å². The number of anilines is 1. The van der Waals surface area contributed by atoms with Crippen LogP contribution in [0.15, 0.2) is 54.7 Å². The minimum Gasteiger partial charge on any atom is -0.497 e. The first-order valence-electron chi connectivity index (χ1n) is 8.37. The summed E-state index contributed by atoms with van der Waals surface area (Å²) in [4.78, 5) is 17.2. The van der Waals surface area contributed by atoms with E-state index < -0.39 is 11.7 Å². The first-order valence-corrected chi connectivity index (χ1v) is 9.19. The molecule has 0 spiro atoms. The number of aromatic nitrogens is 1. The molecule has 0 saturated heterocycles. The van der Waals surface area contributed by atoms with Crippen molar-refractivity contribution < 1.29 is 22.7 Å². The van der Waals surface area contributed by atoms with Crippen LogP contribution in [-0.2, 0) is 23.8 Å². The number of ether oxygens (including phenoxy) is 1. The van der Waals surface area contributed by atoms with E-state index in [1.165, 1.54) is 23.5 Å². The summed E-state index contributed by atoms with van der Waals surface area (Å²) in [5, 5.41) is 3.20. The topological polar surface area (TPSA) is 51.2 Å². The van der Waals surface area contributed by atoms with Gasteiger partial charge in [-0.2, -0.15) is 13.2 Å². The first-order chi connectivity index (χ1) is 13.3. The summed E-state index contributed by atoms with van der Waals surface area (Å²) in [5.41, 5.74) is 0.885. The molecule has 3 rings (SSSR count). The standard InChI is InChI=1S/C20H17F3N2O2S/c1-27-16-4-2-3-14(9-16)11-18(26)25-19-24-12-17(28-19)10-13-5-7-15(8-6-13)20(21,22)23/h2-9,12H,10-11H2,1H3,(H,24,25,26). The lowest BCUT2D eigenvalue weighted by molar-refractivity contribution is -0.137.